The summed E-state index contributed by atoms with van der Waals surface area (Å²) in [5.41, 5.74) is 4.01. The van der Waals surface area contributed by atoms with Crippen LogP contribution in [0.4, 0.5) is 5.69 Å². The second-order valence-electron chi connectivity index (χ2n) is 7.84. The molecule has 30 heavy (non-hydrogen) atoms. The van der Waals surface area contributed by atoms with Crippen molar-refractivity contribution in [3.63, 3.8) is 0 Å². The van der Waals surface area contributed by atoms with Crippen LogP contribution in [0.1, 0.15) is 28.9 Å². The summed E-state index contributed by atoms with van der Waals surface area (Å²) in [6, 6.07) is 15.4. The molecule has 152 valence electrons. The van der Waals surface area contributed by atoms with Crippen LogP contribution < -0.4 is 4.90 Å². The van der Waals surface area contributed by atoms with Crippen molar-refractivity contribution in [2.45, 2.75) is 19.3 Å². The smallest absolute Gasteiger partial charge is 0.271 e. The third-order valence-corrected chi connectivity index (χ3v) is 5.95. The Labute approximate surface area is 174 Å². The van der Waals surface area contributed by atoms with E-state index in [4.69, 9.17) is 0 Å². The van der Waals surface area contributed by atoms with Gasteiger partial charge in [0.15, 0.2) is 0 Å². The molecule has 2 amide bonds. The molecular weight excluding hydrogens is 378 g/mol. The van der Waals surface area contributed by atoms with E-state index in [0.29, 0.717) is 30.2 Å². The van der Waals surface area contributed by atoms with Crippen molar-refractivity contribution >= 4 is 17.5 Å². The lowest BCUT2D eigenvalue weighted by Gasteiger charge is -2.33. The number of aromatic amines is 1. The highest BCUT2D eigenvalue weighted by Crippen LogP contribution is 2.31. The van der Waals surface area contributed by atoms with Crippen molar-refractivity contribution in [1.29, 1.82) is 0 Å². The van der Waals surface area contributed by atoms with E-state index in [9.17, 15) is 9.59 Å². The summed E-state index contributed by atoms with van der Waals surface area (Å²) in [4.78, 5) is 34.2. The SMILES string of the molecule is O=C(c1cc(-c2ccccn2)n[nH]1)N1CCC[C@H](C(=O)N2CCc3ccccc32)C1. The summed E-state index contributed by atoms with van der Waals surface area (Å²) in [5.74, 6) is -0.174. The molecule has 2 aromatic heterocycles. The predicted molar refractivity (Wildman–Crippen MR) is 113 cm³/mol. The highest BCUT2D eigenvalue weighted by atomic mass is 16.2. The Bertz CT molecular complexity index is 1080. The number of hydrogen-bond donors (Lipinski definition) is 1. The minimum Gasteiger partial charge on any atom is -0.337 e. The van der Waals surface area contributed by atoms with Crippen LogP contribution in [0.15, 0.2) is 54.7 Å². The summed E-state index contributed by atoms with van der Waals surface area (Å²) in [6.07, 6.45) is 4.22. The van der Waals surface area contributed by atoms with E-state index in [1.807, 2.05) is 41.3 Å². The van der Waals surface area contributed by atoms with Crippen LogP contribution in [0.5, 0.6) is 0 Å². The van der Waals surface area contributed by atoms with Gasteiger partial charge in [0.1, 0.15) is 11.4 Å². The average molecular weight is 401 g/mol. The van der Waals surface area contributed by atoms with Gasteiger partial charge in [-0.25, -0.2) is 0 Å². The molecule has 0 aliphatic carbocycles. The second-order valence-corrected chi connectivity index (χ2v) is 7.84. The standard InChI is InChI=1S/C23H23N5O2/c29-22(28-13-10-16-6-1-2-9-21(16)28)17-7-5-12-27(15-17)23(30)20-14-19(25-26-20)18-8-3-4-11-24-18/h1-4,6,8-9,11,14,17H,5,7,10,12-13,15H2,(H,25,26)/t17-/m0/s1. The number of anilines is 1. The van der Waals surface area contributed by atoms with Gasteiger partial charge in [0, 0.05) is 31.5 Å². The van der Waals surface area contributed by atoms with Crippen molar-refractivity contribution < 1.29 is 9.59 Å². The maximum atomic E-state index is 13.2. The quantitative estimate of drug-likeness (QED) is 0.732. The molecule has 1 saturated heterocycles. The first-order valence-electron chi connectivity index (χ1n) is 10.4. The minimum absolute atomic E-state index is 0.121. The Kier molecular flexibility index (Phi) is 4.78. The molecule has 2 aliphatic rings. The number of para-hydroxylation sites is 1. The van der Waals surface area contributed by atoms with E-state index >= 15 is 0 Å². The third kappa shape index (κ3) is 3.36. The topological polar surface area (TPSA) is 82.2 Å². The van der Waals surface area contributed by atoms with E-state index in [0.717, 1.165) is 31.5 Å². The lowest BCUT2D eigenvalue weighted by atomic mass is 9.96. The Balaban J connectivity index is 1.29. The number of benzene rings is 1. The molecule has 1 atom stereocenters. The number of carbonyl (C=O) groups excluding carboxylic acids is 2. The number of likely N-dealkylation sites (tertiary alicyclic amines) is 1. The first-order chi connectivity index (χ1) is 14.7. The van der Waals surface area contributed by atoms with Gasteiger partial charge < -0.3 is 9.80 Å². The highest BCUT2D eigenvalue weighted by Gasteiger charge is 2.34. The van der Waals surface area contributed by atoms with Gasteiger partial charge in [0.05, 0.1) is 11.6 Å². The summed E-state index contributed by atoms with van der Waals surface area (Å²) in [7, 11) is 0. The second kappa shape index (κ2) is 7.74. The molecule has 1 N–H and O–H groups in total. The fourth-order valence-corrected chi connectivity index (χ4v) is 4.40. The number of fused-ring (bicyclic) bond motifs is 1. The number of carbonyl (C=O) groups is 2. The maximum Gasteiger partial charge on any atom is 0.271 e. The Hall–Kier alpha value is -3.48. The number of H-pyrrole nitrogens is 1. The largest absolute Gasteiger partial charge is 0.337 e. The van der Waals surface area contributed by atoms with Crippen molar-refractivity contribution in [1.82, 2.24) is 20.1 Å². The summed E-state index contributed by atoms with van der Waals surface area (Å²) >= 11 is 0. The molecule has 4 heterocycles. The van der Waals surface area contributed by atoms with E-state index < -0.39 is 0 Å². The van der Waals surface area contributed by atoms with Gasteiger partial charge in [0.25, 0.3) is 5.91 Å². The summed E-state index contributed by atoms with van der Waals surface area (Å²) in [6.45, 7) is 1.81. The molecule has 7 heteroatoms. The van der Waals surface area contributed by atoms with E-state index in [1.54, 1.807) is 17.2 Å². The first-order valence-corrected chi connectivity index (χ1v) is 10.4. The van der Waals surface area contributed by atoms with Crippen LogP contribution in [-0.4, -0.2) is 51.5 Å². The predicted octanol–water partition coefficient (Wildman–Crippen LogP) is 2.91. The van der Waals surface area contributed by atoms with Crippen LogP contribution in [0.3, 0.4) is 0 Å². The Morgan fingerprint density at radius 3 is 2.77 bits per heavy atom. The first kappa shape index (κ1) is 18.5. The molecule has 1 fully saturated rings. The molecule has 0 radical (unpaired) electrons. The van der Waals surface area contributed by atoms with Gasteiger partial charge in [-0.15, -0.1) is 0 Å². The van der Waals surface area contributed by atoms with Crippen LogP contribution in [0.25, 0.3) is 11.4 Å². The van der Waals surface area contributed by atoms with E-state index in [-0.39, 0.29) is 17.7 Å². The van der Waals surface area contributed by atoms with E-state index in [1.165, 1.54) is 5.56 Å². The average Bonchev–Trinajstić information content (AvgIpc) is 3.46. The third-order valence-electron chi connectivity index (χ3n) is 5.95. The Morgan fingerprint density at radius 1 is 1.03 bits per heavy atom. The number of piperidine rings is 1. The molecule has 0 spiro atoms. The molecule has 0 unspecified atom stereocenters. The number of amides is 2. The van der Waals surface area contributed by atoms with Crippen molar-refractivity contribution in [2.24, 2.45) is 5.92 Å². The van der Waals surface area contributed by atoms with Crippen molar-refractivity contribution in [3.05, 3.63) is 66.0 Å². The molecule has 5 rings (SSSR count). The van der Waals surface area contributed by atoms with Crippen molar-refractivity contribution in [3.8, 4) is 11.4 Å². The van der Waals surface area contributed by atoms with Crippen LogP contribution in [-0.2, 0) is 11.2 Å². The highest BCUT2D eigenvalue weighted by molar-refractivity contribution is 5.98. The van der Waals surface area contributed by atoms with Gasteiger partial charge in [-0.05, 0) is 49.1 Å². The van der Waals surface area contributed by atoms with Crippen molar-refractivity contribution in [2.75, 3.05) is 24.5 Å². The number of nitrogens with zero attached hydrogens (tertiary/aromatic N) is 4. The van der Waals surface area contributed by atoms with Gasteiger partial charge in [0.2, 0.25) is 5.91 Å². The van der Waals surface area contributed by atoms with Gasteiger partial charge in [-0.3, -0.25) is 19.7 Å². The van der Waals surface area contributed by atoms with Gasteiger partial charge in [-0.2, -0.15) is 5.10 Å². The zero-order chi connectivity index (χ0) is 20.5. The van der Waals surface area contributed by atoms with Gasteiger partial charge >= 0.3 is 0 Å². The summed E-state index contributed by atoms with van der Waals surface area (Å²) in [5, 5.41) is 7.07. The summed E-state index contributed by atoms with van der Waals surface area (Å²) < 4.78 is 0. The lowest BCUT2D eigenvalue weighted by molar-refractivity contribution is -0.123. The zero-order valence-corrected chi connectivity index (χ0v) is 16.6. The monoisotopic (exact) mass is 401 g/mol. The fourth-order valence-electron chi connectivity index (χ4n) is 4.40. The number of pyridine rings is 1. The minimum atomic E-state index is -0.174. The number of rotatable bonds is 3. The molecule has 1 aromatic carbocycles. The molecule has 0 bridgehead atoms. The van der Waals surface area contributed by atoms with Crippen LogP contribution in [0.2, 0.25) is 0 Å². The van der Waals surface area contributed by atoms with Crippen LogP contribution in [0, 0.1) is 5.92 Å². The number of nitrogens with one attached hydrogen (secondary N) is 1. The van der Waals surface area contributed by atoms with Gasteiger partial charge in [-0.1, -0.05) is 24.3 Å². The van der Waals surface area contributed by atoms with Crippen LogP contribution >= 0.6 is 0 Å². The Morgan fingerprint density at radius 2 is 1.90 bits per heavy atom. The zero-order valence-electron chi connectivity index (χ0n) is 16.6. The molecule has 7 nitrogen and oxygen atoms in total. The lowest BCUT2D eigenvalue weighted by Crippen LogP contribution is -2.46. The molecule has 0 saturated carbocycles. The maximum absolute atomic E-state index is 13.2. The number of aromatic nitrogens is 3. The van der Waals surface area contributed by atoms with E-state index in [2.05, 4.69) is 21.2 Å². The number of hydrogen-bond acceptors (Lipinski definition) is 4. The normalized spacial score (nSPS) is 18.3. The fraction of sp³-hybridized carbons (Fsp3) is 0.304. The molecular formula is C23H23N5O2. The molecule has 2 aliphatic heterocycles. The molecule has 3 aromatic rings.